The van der Waals surface area contributed by atoms with Gasteiger partial charge in [0, 0.05) is 24.1 Å². The van der Waals surface area contributed by atoms with E-state index in [9.17, 15) is 13.2 Å². The molecule has 0 aliphatic heterocycles. The Morgan fingerprint density at radius 3 is 2.72 bits per heavy atom. The SMILES string of the molecule is Cc1cc(N)nc(SCCCOCC(F)(F)F)n1. The van der Waals surface area contributed by atoms with Gasteiger partial charge in [-0.25, -0.2) is 9.97 Å². The molecule has 0 amide bonds. The number of hydrogen-bond donors (Lipinski definition) is 1. The lowest BCUT2D eigenvalue weighted by atomic mass is 10.4. The molecule has 1 heterocycles. The number of halogens is 3. The highest BCUT2D eigenvalue weighted by Gasteiger charge is 2.27. The maximum atomic E-state index is 11.8. The summed E-state index contributed by atoms with van der Waals surface area (Å²) >= 11 is 1.34. The number of nitrogen functional groups attached to an aromatic ring is 1. The minimum absolute atomic E-state index is 0.0633. The Morgan fingerprint density at radius 1 is 1.39 bits per heavy atom. The number of alkyl halides is 3. The lowest BCUT2D eigenvalue weighted by molar-refractivity contribution is -0.173. The first kappa shape index (κ1) is 15.0. The molecular formula is C10H14F3N3OS. The Kier molecular flexibility index (Phi) is 5.67. The zero-order valence-electron chi connectivity index (χ0n) is 9.83. The Bertz CT molecular complexity index is 367. The van der Waals surface area contributed by atoms with Crippen LogP contribution in [0.4, 0.5) is 19.0 Å². The van der Waals surface area contributed by atoms with Crippen molar-refractivity contribution in [3.8, 4) is 0 Å². The Morgan fingerprint density at radius 2 is 2.11 bits per heavy atom. The molecule has 1 rings (SSSR count). The van der Waals surface area contributed by atoms with Crippen LogP contribution in [0, 0.1) is 6.92 Å². The summed E-state index contributed by atoms with van der Waals surface area (Å²) in [6, 6.07) is 1.65. The zero-order valence-corrected chi connectivity index (χ0v) is 10.6. The molecule has 1 aromatic heterocycles. The van der Waals surface area contributed by atoms with Gasteiger partial charge >= 0.3 is 6.18 Å². The minimum Gasteiger partial charge on any atom is -0.384 e. The van der Waals surface area contributed by atoms with Gasteiger partial charge in [0.2, 0.25) is 0 Å². The molecule has 0 aliphatic rings. The molecule has 1 aromatic rings. The number of hydrogen-bond acceptors (Lipinski definition) is 5. The van der Waals surface area contributed by atoms with Crippen LogP contribution in [0.3, 0.4) is 0 Å². The number of aromatic nitrogens is 2. The first-order valence-corrected chi connectivity index (χ1v) is 6.24. The van der Waals surface area contributed by atoms with Crippen LogP contribution in [0.1, 0.15) is 12.1 Å². The van der Waals surface area contributed by atoms with Crippen molar-refractivity contribution in [2.24, 2.45) is 0 Å². The third kappa shape index (κ3) is 6.65. The fourth-order valence-electron chi connectivity index (χ4n) is 1.14. The summed E-state index contributed by atoms with van der Waals surface area (Å²) < 4.78 is 39.7. The summed E-state index contributed by atoms with van der Waals surface area (Å²) in [7, 11) is 0. The molecule has 0 bridgehead atoms. The van der Waals surface area contributed by atoms with E-state index in [4.69, 9.17) is 5.73 Å². The second kappa shape index (κ2) is 6.79. The Balaban J connectivity index is 2.18. The van der Waals surface area contributed by atoms with Gasteiger partial charge in [-0.2, -0.15) is 13.2 Å². The van der Waals surface area contributed by atoms with E-state index < -0.39 is 12.8 Å². The van der Waals surface area contributed by atoms with E-state index in [1.54, 1.807) is 13.0 Å². The minimum atomic E-state index is -4.26. The van der Waals surface area contributed by atoms with E-state index in [0.717, 1.165) is 5.69 Å². The maximum absolute atomic E-state index is 11.8. The molecule has 0 unspecified atom stereocenters. The van der Waals surface area contributed by atoms with Crippen LogP contribution in [0.25, 0.3) is 0 Å². The lowest BCUT2D eigenvalue weighted by Gasteiger charge is -2.07. The smallest absolute Gasteiger partial charge is 0.384 e. The number of nitrogens with zero attached hydrogens (tertiary/aromatic N) is 2. The molecule has 0 saturated carbocycles. The van der Waals surface area contributed by atoms with E-state index in [-0.39, 0.29) is 6.61 Å². The average Bonchev–Trinajstić information content (AvgIpc) is 2.20. The largest absolute Gasteiger partial charge is 0.411 e. The van der Waals surface area contributed by atoms with Crippen molar-refractivity contribution in [1.82, 2.24) is 9.97 Å². The van der Waals surface area contributed by atoms with E-state index >= 15 is 0 Å². The predicted molar refractivity (Wildman–Crippen MR) is 63.4 cm³/mol. The number of anilines is 1. The first-order chi connectivity index (χ1) is 8.37. The van der Waals surface area contributed by atoms with Gasteiger partial charge in [0.25, 0.3) is 0 Å². The first-order valence-electron chi connectivity index (χ1n) is 5.25. The second-order valence-electron chi connectivity index (χ2n) is 3.59. The molecule has 0 spiro atoms. The normalized spacial score (nSPS) is 11.8. The van der Waals surface area contributed by atoms with Crippen LogP contribution >= 0.6 is 11.8 Å². The fourth-order valence-corrected chi connectivity index (χ4v) is 1.97. The molecule has 2 N–H and O–H groups in total. The second-order valence-corrected chi connectivity index (χ2v) is 4.65. The van der Waals surface area contributed by atoms with Crippen LogP contribution in [0.2, 0.25) is 0 Å². The number of nitrogens with two attached hydrogens (primary N) is 1. The van der Waals surface area contributed by atoms with E-state index in [1.165, 1.54) is 11.8 Å². The highest BCUT2D eigenvalue weighted by molar-refractivity contribution is 7.99. The van der Waals surface area contributed by atoms with Crippen molar-refractivity contribution in [3.63, 3.8) is 0 Å². The van der Waals surface area contributed by atoms with Gasteiger partial charge in [-0.15, -0.1) is 0 Å². The van der Waals surface area contributed by atoms with Crippen molar-refractivity contribution in [1.29, 1.82) is 0 Å². The van der Waals surface area contributed by atoms with E-state index in [2.05, 4.69) is 14.7 Å². The molecule has 0 atom stereocenters. The quantitative estimate of drug-likeness (QED) is 0.493. The van der Waals surface area contributed by atoms with Crippen molar-refractivity contribution in [2.75, 3.05) is 24.7 Å². The van der Waals surface area contributed by atoms with Crippen LogP contribution in [-0.2, 0) is 4.74 Å². The summed E-state index contributed by atoms with van der Waals surface area (Å²) in [4.78, 5) is 8.14. The molecule has 0 aromatic carbocycles. The Labute approximate surface area is 107 Å². The van der Waals surface area contributed by atoms with Crippen LogP contribution in [0.5, 0.6) is 0 Å². The van der Waals surface area contributed by atoms with Gasteiger partial charge in [-0.1, -0.05) is 11.8 Å². The standard InChI is InChI=1S/C10H14F3N3OS/c1-7-5-8(14)16-9(15-7)18-4-2-3-17-6-10(11,12)13/h5H,2-4,6H2,1H3,(H2,14,15,16). The molecule has 102 valence electrons. The van der Waals surface area contributed by atoms with Crippen LogP contribution in [0.15, 0.2) is 11.2 Å². The van der Waals surface area contributed by atoms with Crippen molar-refractivity contribution in [2.45, 2.75) is 24.7 Å². The highest BCUT2D eigenvalue weighted by atomic mass is 32.2. The highest BCUT2D eigenvalue weighted by Crippen LogP contribution is 2.17. The van der Waals surface area contributed by atoms with Gasteiger partial charge in [0.1, 0.15) is 12.4 Å². The van der Waals surface area contributed by atoms with Crippen molar-refractivity contribution >= 4 is 17.6 Å². The van der Waals surface area contributed by atoms with Crippen LogP contribution < -0.4 is 5.73 Å². The third-order valence-electron chi connectivity index (χ3n) is 1.78. The molecule has 0 saturated heterocycles. The van der Waals surface area contributed by atoms with E-state index in [0.29, 0.717) is 23.1 Å². The average molecular weight is 281 g/mol. The Hall–Kier alpha value is -1.02. The zero-order chi connectivity index (χ0) is 13.6. The lowest BCUT2D eigenvalue weighted by Crippen LogP contribution is -2.17. The van der Waals surface area contributed by atoms with Gasteiger partial charge in [-0.05, 0) is 13.3 Å². The number of aryl methyl sites for hydroxylation is 1. The molecule has 8 heteroatoms. The van der Waals surface area contributed by atoms with Crippen molar-refractivity contribution < 1.29 is 17.9 Å². The molecular weight excluding hydrogens is 267 g/mol. The molecule has 0 aliphatic carbocycles. The summed E-state index contributed by atoms with van der Waals surface area (Å²) in [5.74, 6) is 0.971. The van der Waals surface area contributed by atoms with Gasteiger partial charge < -0.3 is 10.5 Å². The monoisotopic (exact) mass is 281 g/mol. The number of rotatable bonds is 6. The number of thioether (sulfide) groups is 1. The maximum Gasteiger partial charge on any atom is 0.411 e. The third-order valence-corrected chi connectivity index (χ3v) is 2.72. The van der Waals surface area contributed by atoms with Crippen LogP contribution in [-0.4, -0.2) is 35.1 Å². The summed E-state index contributed by atoms with van der Waals surface area (Å²) in [6.07, 6.45) is -3.76. The van der Waals surface area contributed by atoms with E-state index in [1.807, 2.05) is 0 Å². The van der Waals surface area contributed by atoms with Gasteiger partial charge in [-0.3, -0.25) is 0 Å². The number of ether oxygens (including phenoxy) is 1. The summed E-state index contributed by atoms with van der Waals surface area (Å²) in [5.41, 5.74) is 6.31. The fraction of sp³-hybridized carbons (Fsp3) is 0.600. The predicted octanol–water partition coefficient (Wildman–Crippen LogP) is 2.43. The molecule has 0 fully saturated rings. The summed E-state index contributed by atoms with van der Waals surface area (Å²) in [6.45, 7) is 0.661. The van der Waals surface area contributed by atoms with Gasteiger partial charge in [0.15, 0.2) is 5.16 Å². The topological polar surface area (TPSA) is 61.0 Å². The summed E-state index contributed by atoms with van der Waals surface area (Å²) in [5, 5.41) is 0.531. The molecule has 4 nitrogen and oxygen atoms in total. The van der Waals surface area contributed by atoms with Gasteiger partial charge in [0.05, 0.1) is 0 Å². The van der Waals surface area contributed by atoms with Crippen molar-refractivity contribution in [3.05, 3.63) is 11.8 Å². The molecule has 0 radical (unpaired) electrons. The molecule has 18 heavy (non-hydrogen) atoms.